The summed E-state index contributed by atoms with van der Waals surface area (Å²) in [5.41, 5.74) is 9.69. The van der Waals surface area contributed by atoms with E-state index in [0.717, 1.165) is 27.0 Å². The zero-order chi connectivity index (χ0) is 14.7. The first-order valence-electron chi connectivity index (χ1n) is 6.53. The highest BCUT2D eigenvalue weighted by Crippen LogP contribution is 2.32. The van der Waals surface area contributed by atoms with Crippen molar-refractivity contribution in [1.29, 1.82) is 0 Å². The van der Waals surface area contributed by atoms with Gasteiger partial charge < -0.3 is 10.5 Å². The summed E-state index contributed by atoms with van der Waals surface area (Å²) in [5.74, 6) is 0.707. The van der Waals surface area contributed by atoms with E-state index >= 15 is 0 Å². The molecule has 0 radical (unpaired) electrons. The molecule has 0 amide bonds. The Hall–Kier alpha value is -1.75. The van der Waals surface area contributed by atoms with Crippen LogP contribution in [0, 0.1) is 20.8 Å². The molecule has 0 saturated carbocycles. The van der Waals surface area contributed by atoms with E-state index in [1.807, 2.05) is 45.9 Å². The lowest BCUT2D eigenvalue weighted by atomic mass is 10.2. The maximum absolute atomic E-state index is 5.87. The third kappa shape index (κ3) is 3.22. The zero-order valence-electron chi connectivity index (χ0n) is 12.2. The van der Waals surface area contributed by atoms with Crippen molar-refractivity contribution in [2.75, 3.05) is 12.3 Å². The van der Waals surface area contributed by atoms with E-state index in [1.54, 1.807) is 0 Å². The minimum absolute atomic E-state index is 0.595. The quantitative estimate of drug-likeness (QED) is 0.689. The molecule has 1 aromatic carbocycles. The highest BCUT2D eigenvalue weighted by atomic mass is 32.2. The van der Waals surface area contributed by atoms with Gasteiger partial charge in [0.25, 0.3) is 0 Å². The van der Waals surface area contributed by atoms with Crippen molar-refractivity contribution in [2.24, 2.45) is 0 Å². The number of aryl methyl sites for hydroxylation is 2. The zero-order valence-corrected chi connectivity index (χ0v) is 13.0. The Morgan fingerprint density at radius 1 is 1.15 bits per heavy atom. The lowest BCUT2D eigenvalue weighted by molar-refractivity contribution is 0.341. The maximum atomic E-state index is 5.87. The molecule has 0 fully saturated rings. The van der Waals surface area contributed by atoms with Crippen LogP contribution >= 0.6 is 11.8 Å². The number of hydrogen-bond donors (Lipinski definition) is 1. The van der Waals surface area contributed by atoms with E-state index < -0.39 is 0 Å². The van der Waals surface area contributed by atoms with Gasteiger partial charge in [-0.15, -0.1) is 0 Å². The van der Waals surface area contributed by atoms with Crippen molar-refractivity contribution in [3.63, 3.8) is 0 Å². The summed E-state index contributed by atoms with van der Waals surface area (Å²) in [6.45, 7) is 8.58. The van der Waals surface area contributed by atoms with Crippen LogP contribution in [0.1, 0.15) is 23.9 Å². The van der Waals surface area contributed by atoms with Gasteiger partial charge in [-0.25, -0.2) is 9.97 Å². The average molecular weight is 289 g/mol. The monoisotopic (exact) mass is 289 g/mol. The van der Waals surface area contributed by atoms with Gasteiger partial charge in [0.1, 0.15) is 5.75 Å². The maximum Gasteiger partial charge on any atom is 0.192 e. The third-order valence-electron chi connectivity index (χ3n) is 3.11. The predicted molar refractivity (Wildman–Crippen MR) is 82.4 cm³/mol. The Kier molecular flexibility index (Phi) is 4.49. The molecular formula is C15H19N3OS. The van der Waals surface area contributed by atoms with Crippen LogP contribution in [-0.2, 0) is 0 Å². The number of ether oxygens (including phenoxy) is 1. The van der Waals surface area contributed by atoms with Crippen LogP contribution in [0.25, 0.3) is 0 Å². The van der Waals surface area contributed by atoms with Gasteiger partial charge in [-0.1, -0.05) is 0 Å². The third-order valence-corrected chi connectivity index (χ3v) is 3.96. The molecule has 20 heavy (non-hydrogen) atoms. The minimum Gasteiger partial charge on any atom is -0.492 e. The molecule has 0 atom stereocenters. The Labute approximate surface area is 123 Å². The fraction of sp³-hybridized carbons (Fsp3) is 0.333. The molecule has 106 valence electrons. The van der Waals surface area contributed by atoms with Gasteiger partial charge in [0.15, 0.2) is 5.16 Å². The Morgan fingerprint density at radius 2 is 1.80 bits per heavy atom. The lowest BCUT2D eigenvalue weighted by Crippen LogP contribution is -1.99. The van der Waals surface area contributed by atoms with Gasteiger partial charge >= 0.3 is 0 Å². The summed E-state index contributed by atoms with van der Waals surface area (Å²) in [6.07, 6.45) is 0. The second kappa shape index (κ2) is 6.13. The summed E-state index contributed by atoms with van der Waals surface area (Å²) < 4.78 is 5.50. The number of benzene rings is 1. The molecule has 1 heterocycles. The molecule has 0 saturated heterocycles. The number of nitrogen functional groups attached to an aromatic ring is 1. The summed E-state index contributed by atoms with van der Waals surface area (Å²) in [6, 6.07) is 5.73. The van der Waals surface area contributed by atoms with Crippen LogP contribution in [-0.4, -0.2) is 16.6 Å². The SMILES string of the molecule is CCOc1cc(Sc2nc(C)c(C)c(C)n2)ccc1N. The van der Waals surface area contributed by atoms with Crippen LogP contribution < -0.4 is 10.5 Å². The van der Waals surface area contributed by atoms with Crippen molar-refractivity contribution < 1.29 is 4.74 Å². The summed E-state index contributed by atoms with van der Waals surface area (Å²) >= 11 is 1.52. The Morgan fingerprint density at radius 3 is 2.40 bits per heavy atom. The van der Waals surface area contributed by atoms with E-state index in [1.165, 1.54) is 11.8 Å². The smallest absolute Gasteiger partial charge is 0.192 e. The lowest BCUT2D eigenvalue weighted by Gasteiger charge is -2.10. The molecule has 0 aliphatic heterocycles. The van der Waals surface area contributed by atoms with Crippen LogP contribution in [0.3, 0.4) is 0 Å². The number of rotatable bonds is 4. The van der Waals surface area contributed by atoms with Crippen LogP contribution in [0.15, 0.2) is 28.3 Å². The number of nitrogens with zero attached hydrogens (tertiary/aromatic N) is 2. The van der Waals surface area contributed by atoms with E-state index in [4.69, 9.17) is 10.5 Å². The molecule has 0 aliphatic rings. The Bertz CT molecular complexity index is 606. The number of hydrogen-bond acceptors (Lipinski definition) is 5. The fourth-order valence-electron chi connectivity index (χ4n) is 1.75. The first-order chi connectivity index (χ1) is 9.51. The molecule has 5 heteroatoms. The molecule has 4 nitrogen and oxygen atoms in total. The average Bonchev–Trinajstić information content (AvgIpc) is 2.40. The van der Waals surface area contributed by atoms with Crippen molar-refractivity contribution in [2.45, 2.75) is 37.7 Å². The topological polar surface area (TPSA) is 61.0 Å². The standard InChI is InChI=1S/C15H19N3OS/c1-5-19-14-8-12(6-7-13(14)16)20-15-17-10(3)9(2)11(4)18-15/h6-8H,5,16H2,1-4H3. The molecule has 0 unspecified atom stereocenters. The van der Waals surface area contributed by atoms with Crippen LogP contribution in [0.5, 0.6) is 5.75 Å². The second-order valence-electron chi connectivity index (χ2n) is 4.54. The van der Waals surface area contributed by atoms with E-state index in [-0.39, 0.29) is 0 Å². The van der Waals surface area contributed by atoms with Crippen molar-refractivity contribution >= 4 is 17.4 Å². The highest BCUT2D eigenvalue weighted by molar-refractivity contribution is 7.99. The van der Waals surface area contributed by atoms with Crippen molar-refractivity contribution in [3.8, 4) is 5.75 Å². The van der Waals surface area contributed by atoms with E-state index in [9.17, 15) is 0 Å². The Balaban J connectivity index is 2.28. The molecular weight excluding hydrogens is 270 g/mol. The molecule has 1 aromatic heterocycles. The van der Waals surface area contributed by atoms with Gasteiger partial charge in [-0.2, -0.15) is 0 Å². The molecule has 2 aromatic rings. The molecule has 2 rings (SSSR count). The minimum atomic E-state index is 0.595. The van der Waals surface area contributed by atoms with Gasteiger partial charge in [0.2, 0.25) is 0 Å². The molecule has 0 spiro atoms. The molecule has 2 N–H and O–H groups in total. The number of anilines is 1. The molecule has 0 aliphatic carbocycles. The van der Waals surface area contributed by atoms with Gasteiger partial charge in [0, 0.05) is 16.3 Å². The van der Waals surface area contributed by atoms with Gasteiger partial charge in [0.05, 0.1) is 12.3 Å². The predicted octanol–water partition coefficient (Wildman–Crippen LogP) is 3.53. The normalized spacial score (nSPS) is 10.6. The van der Waals surface area contributed by atoms with Gasteiger partial charge in [-0.05, 0) is 63.2 Å². The van der Waals surface area contributed by atoms with Crippen molar-refractivity contribution in [3.05, 3.63) is 35.2 Å². The van der Waals surface area contributed by atoms with E-state index in [0.29, 0.717) is 18.0 Å². The second-order valence-corrected chi connectivity index (χ2v) is 5.58. The van der Waals surface area contributed by atoms with Gasteiger partial charge in [-0.3, -0.25) is 0 Å². The summed E-state index contributed by atoms with van der Waals surface area (Å²) in [7, 11) is 0. The van der Waals surface area contributed by atoms with Crippen molar-refractivity contribution in [1.82, 2.24) is 9.97 Å². The summed E-state index contributed by atoms with van der Waals surface area (Å²) in [4.78, 5) is 10.0. The largest absolute Gasteiger partial charge is 0.492 e. The highest BCUT2D eigenvalue weighted by Gasteiger charge is 2.08. The first-order valence-corrected chi connectivity index (χ1v) is 7.35. The number of aromatic nitrogens is 2. The first kappa shape index (κ1) is 14.7. The van der Waals surface area contributed by atoms with Crippen LogP contribution in [0.4, 0.5) is 5.69 Å². The fourth-order valence-corrected chi connectivity index (χ4v) is 2.63. The van der Waals surface area contributed by atoms with E-state index in [2.05, 4.69) is 9.97 Å². The van der Waals surface area contributed by atoms with Crippen LogP contribution in [0.2, 0.25) is 0 Å². The number of nitrogens with two attached hydrogens (primary N) is 1. The molecule has 0 bridgehead atoms. The summed E-state index contributed by atoms with van der Waals surface area (Å²) in [5, 5.41) is 0.748.